The maximum atomic E-state index is 13.1. The van der Waals surface area contributed by atoms with Gasteiger partial charge in [-0.1, -0.05) is 38.0 Å². The number of rotatable bonds is 9. The normalized spacial score (nSPS) is 11.2. The molecule has 26 heavy (non-hydrogen) atoms. The van der Waals surface area contributed by atoms with Crippen LogP contribution in [0.4, 0.5) is 5.69 Å². The van der Waals surface area contributed by atoms with E-state index in [1.54, 1.807) is 30.3 Å². The molecule has 0 radical (unpaired) electrons. The number of anilines is 1. The van der Waals surface area contributed by atoms with Gasteiger partial charge in [0.05, 0.1) is 10.6 Å². The molecule has 0 atom stereocenters. The predicted molar refractivity (Wildman–Crippen MR) is 113 cm³/mol. The Morgan fingerprint density at radius 1 is 1.04 bits per heavy atom. The number of carbonyl (C=O) groups excluding carboxylic acids is 1. The lowest BCUT2D eigenvalue weighted by atomic mass is 10.2. The largest absolute Gasteiger partial charge is 0.355 e. The summed E-state index contributed by atoms with van der Waals surface area (Å²) in [5.41, 5.74) is 0.470. The van der Waals surface area contributed by atoms with E-state index in [-0.39, 0.29) is 17.3 Å². The molecule has 0 fully saturated rings. The summed E-state index contributed by atoms with van der Waals surface area (Å²) in [6.45, 7) is 2.40. The van der Waals surface area contributed by atoms with Crippen molar-refractivity contribution in [2.45, 2.75) is 31.1 Å². The molecule has 0 saturated carbocycles. The van der Waals surface area contributed by atoms with Crippen molar-refractivity contribution in [1.82, 2.24) is 5.32 Å². The fourth-order valence-electron chi connectivity index (χ4n) is 2.43. The quantitative estimate of drug-likeness (QED) is 0.433. The number of sulfonamides is 1. The molecule has 7 heteroatoms. The second-order valence-electron chi connectivity index (χ2n) is 5.86. The summed E-state index contributed by atoms with van der Waals surface area (Å²) in [6.07, 6.45) is 2.98. The minimum atomic E-state index is -3.83. The van der Waals surface area contributed by atoms with E-state index in [9.17, 15) is 13.2 Å². The Kier molecular flexibility index (Phi) is 7.89. The van der Waals surface area contributed by atoms with Gasteiger partial charge in [-0.2, -0.15) is 0 Å². The third kappa shape index (κ3) is 5.70. The number of hydrogen-bond acceptors (Lipinski definition) is 3. The van der Waals surface area contributed by atoms with E-state index in [2.05, 4.69) is 34.8 Å². The van der Waals surface area contributed by atoms with Crippen LogP contribution < -0.4 is 9.62 Å². The first-order valence-electron chi connectivity index (χ1n) is 8.55. The zero-order chi connectivity index (χ0) is 19.0. The average Bonchev–Trinajstić information content (AvgIpc) is 2.65. The van der Waals surface area contributed by atoms with Crippen LogP contribution in [0.3, 0.4) is 0 Å². The fourth-order valence-corrected chi connectivity index (χ4v) is 4.23. The van der Waals surface area contributed by atoms with Crippen LogP contribution in [0.15, 0.2) is 59.5 Å². The van der Waals surface area contributed by atoms with E-state index >= 15 is 0 Å². The van der Waals surface area contributed by atoms with E-state index in [4.69, 9.17) is 0 Å². The molecule has 0 aliphatic carbocycles. The van der Waals surface area contributed by atoms with Crippen LogP contribution in [-0.4, -0.2) is 27.4 Å². The molecule has 0 heterocycles. The molecule has 0 aliphatic heterocycles. The van der Waals surface area contributed by atoms with Crippen molar-refractivity contribution in [3.05, 3.63) is 58.2 Å². The Labute approximate surface area is 169 Å². The van der Waals surface area contributed by atoms with Crippen molar-refractivity contribution < 1.29 is 13.2 Å². The number of halogens is 1. The Balaban J connectivity index is 2.25. The highest BCUT2D eigenvalue weighted by Crippen LogP contribution is 2.24. The molecule has 1 amide bonds. The molecule has 0 aliphatic rings. The van der Waals surface area contributed by atoms with Crippen LogP contribution in [0, 0.1) is 3.57 Å². The molecule has 1 N–H and O–H groups in total. The van der Waals surface area contributed by atoms with Crippen molar-refractivity contribution >= 4 is 44.2 Å². The van der Waals surface area contributed by atoms with E-state index in [1.165, 1.54) is 12.1 Å². The first kappa shape index (κ1) is 20.7. The van der Waals surface area contributed by atoms with Crippen LogP contribution in [0.25, 0.3) is 0 Å². The van der Waals surface area contributed by atoms with Crippen molar-refractivity contribution in [3.63, 3.8) is 0 Å². The first-order valence-corrected chi connectivity index (χ1v) is 11.1. The summed E-state index contributed by atoms with van der Waals surface area (Å²) in [4.78, 5) is 12.5. The molecule has 0 unspecified atom stereocenters. The maximum absolute atomic E-state index is 13.1. The number of amides is 1. The summed E-state index contributed by atoms with van der Waals surface area (Å²) < 4.78 is 28.3. The molecule has 2 aromatic rings. The summed E-state index contributed by atoms with van der Waals surface area (Å²) >= 11 is 2.16. The number of hydrogen-bond donors (Lipinski definition) is 1. The van der Waals surface area contributed by atoms with Gasteiger partial charge in [-0.15, -0.1) is 0 Å². The van der Waals surface area contributed by atoms with Gasteiger partial charge in [-0.05, 0) is 65.4 Å². The van der Waals surface area contributed by atoms with Crippen LogP contribution in [0.1, 0.15) is 26.2 Å². The molecule has 2 rings (SSSR count). The van der Waals surface area contributed by atoms with Crippen molar-refractivity contribution in [2.24, 2.45) is 0 Å². The van der Waals surface area contributed by atoms with Gasteiger partial charge in [0.2, 0.25) is 5.91 Å². The van der Waals surface area contributed by atoms with Gasteiger partial charge in [-0.25, -0.2) is 8.42 Å². The highest BCUT2D eigenvalue weighted by Gasteiger charge is 2.26. The molecule has 0 spiro atoms. The standard InChI is InChI=1S/C19H23IN2O3S/c1-2-3-7-14-21-19(23)15-22(17-12-10-16(20)11-13-17)26(24,25)18-8-5-4-6-9-18/h4-6,8-13H,2-3,7,14-15H2,1H3,(H,21,23). The Bertz CT molecular complexity index is 808. The number of nitrogens with zero attached hydrogens (tertiary/aromatic N) is 1. The van der Waals surface area contributed by atoms with Crippen molar-refractivity contribution in [3.8, 4) is 0 Å². The lowest BCUT2D eigenvalue weighted by molar-refractivity contribution is -0.119. The average molecular weight is 486 g/mol. The van der Waals surface area contributed by atoms with Crippen LogP contribution in [0.5, 0.6) is 0 Å². The van der Waals surface area contributed by atoms with E-state index in [0.717, 1.165) is 27.1 Å². The third-order valence-electron chi connectivity index (χ3n) is 3.84. The third-order valence-corrected chi connectivity index (χ3v) is 6.34. The van der Waals surface area contributed by atoms with Gasteiger partial charge in [0.25, 0.3) is 10.0 Å². The highest BCUT2D eigenvalue weighted by atomic mass is 127. The summed E-state index contributed by atoms with van der Waals surface area (Å²) in [6, 6.07) is 15.2. The smallest absolute Gasteiger partial charge is 0.264 e. The van der Waals surface area contributed by atoms with E-state index < -0.39 is 10.0 Å². The molecule has 140 valence electrons. The van der Waals surface area contributed by atoms with Gasteiger partial charge in [0.1, 0.15) is 6.54 Å². The lowest BCUT2D eigenvalue weighted by Crippen LogP contribution is -2.41. The topological polar surface area (TPSA) is 66.5 Å². The molecule has 0 aromatic heterocycles. The zero-order valence-electron chi connectivity index (χ0n) is 14.7. The molecule has 0 bridgehead atoms. The van der Waals surface area contributed by atoms with E-state index in [1.807, 2.05) is 12.1 Å². The van der Waals surface area contributed by atoms with Gasteiger partial charge in [0, 0.05) is 10.1 Å². The highest BCUT2D eigenvalue weighted by molar-refractivity contribution is 14.1. The molecule has 2 aromatic carbocycles. The van der Waals surface area contributed by atoms with Gasteiger partial charge in [0.15, 0.2) is 0 Å². The van der Waals surface area contributed by atoms with Crippen LogP contribution in [0.2, 0.25) is 0 Å². The second kappa shape index (κ2) is 9.91. The minimum absolute atomic E-state index is 0.164. The molecular formula is C19H23IN2O3S. The second-order valence-corrected chi connectivity index (χ2v) is 8.97. The van der Waals surface area contributed by atoms with Crippen molar-refractivity contribution in [2.75, 3.05) is 17.4 Å². The SMILES string of the molecule is CCCCCNC(=O)CN(c1ccc(I)cc1)S(=O)(=O)c1ccccc1. The lowest BCUT2D eigenvalue weighted by Gasteiger charge is -2.24. The van der Waals surface area contributed by atoms with Gasteiger partial charge < -0.3 is 5.32 Å². The number of benzene rings is 2. The van der Waals surface area contributed by atoms with Crippen molar-refractivity contribution in [1.29, 1.82) is 0 Å². The minimum Gasteiger partial charge on any atom is -0.355 e. The fraction of sp³-hybridized carbons (Fsp3) is 0.316. The molecular weight excluding hydrogens is 463 g/mol. The first-order chi connectivity index (χ1) is 12.4. The molecule has 5 nitrogen and oxygen atoms in total. The van der Waals surface area contributed by atoms with Crippen LogP contribution in [-0.2, 0) is 14.8 Å². The van der Waals surface area contributed by atoms with Gasteiger partial charge in [-0.3, -0.25) is 9.10 Å². The monoisotopic (exact) mass is 486 g/mol. The summed E-state index contributed by atoms with van der Waals surface area (Å²) in [7, 11) is -3.83. The Hall–Kier alpha value is -1.61. The number of unbranched alkanes of at least 4 members (excludes halogenated alkanes) is 2. The van der Waals surface area contributed by atoms with Crippen LogP contribution >= 0.6 is 22.6 Å². The van der Waals surface area contributed by atoms with Gasteiger partial charge >= 0.3 is 0 Å². The number of nitrogens with one attached hydrogen (secondary N) is 1. The summed E-state index contributed by atoms with van der Waals surface area (Å²) in [5, 5.41) is 2.81. The molecule has 0 saturated heterocycles. The zero-order valence-corrected chi connectivity index (χ0v) is 17.7. The Morgan fingerprint density at radius 2 is 1.69 bits per heavy atom. The van der Waals surface area contributed by atoms with E-state index in [0.29, 0.717) is 12.2 Å². The number of carbonyl (C=O) groups is 1. The summed E-state index contributed by atoms with van der Waals surface area (Å²) in [5.74, 6) is -0.306. The maximum Gasteiger partial charge on any atom is 0.264 e. The Morgan fingerprint density at radius 3 is 2.31 bits per heavy atom. The predicted octanol–water partition coefficient (Wildman–Crippen LogP) is 3.79.